The van der Waals surface area contributed by atoms with Gasteiger partial charge in [-0.2, -0.15) is 0 Å². The number of carboxylic acid groups (broad SMARTS) is 1. The minimum absolute atomic E-state index is 0.00258. The van der Waals surface area contributed by atoms with Gasteiger partial charge in [0.25, 0.3) is 0 Å². The maximum absolute atomic E-state index is 11.9. The van der Waals surface area contributed by atoms with E-state index < -0.39 is 12.0 Å². The molecule has 0 radical (unpaired) electrons. The Morgan fingerprint density at radius 2 is 2.21 bits per heavy atom. The fraction of sp³-hybridized carbons (Fsp3) is 0.385. The van der Waals surface area contributed by atoms with Crippen LogP contribution in [-0.4, -0.2) is 36.1 Å². The molecule has 102 valence electrons. The molecule has 19 heavy (non-hydrogen) atoms. The summed E-state index contributed by atoms with van der Waals surface area (Å²) in [4.78, 5) is 24.1. The van der Waals surface area contributed by atoms with E-state index in [-0.39, 0.29) is 12.5 Å². The molecule has 1 unspecified atom stereocenters. The Kier molecular flexibility index (Phi) is 3.82. The van der Waals surface area contributed by atoms with E-state index in [1.165, 1.54) is 4.90 Å². The lowest BCUT2D eigenvalue weighted by Gasteiger charge is -2.19. The number of amides is 1. The predicted molar refractivity (Wildman–Crippen MR) is 70.9 cm³/mol. The van der Waals surface area contributed by atoms with Crippen LogP contribution in [0.2, 0.25) is 0 Å². The summed E-state index contributed by atoms with van der Waals surface area (Å²) >= 11 is 0. The van der Waals surface area contributed by atoms with Crippen LogP contribution in [0, 0.1) is 0 Å². The largest absolute Gasteiger partial charge is 0.480 e. The molecule has 1 amide bonds. The lowest BCUT2D eigenvalue weighted by molar-refractivity contribution is -0.138. The molecule has 0 fully saturated rings. The van der Waals surface area contributed by atoms with E-state index in [2.05, 4.69) is 0 Å². The molecule has 0 spiro atoms. The molecule has 1 aliphatic rings. The Morgan fingerprint density at radius 3 is 2.84 bits per heavy atom. The van der Waals surface area contributed by atoms with Gasteiger partial charge in [0.05, 0.1) is 13.0 Å². The number of carboxylic acids is 1. The number of hydrogen-bond donors (Lipinski definition) is 3. The van der Waals surface area contributed by atoms with E-state index in [0.29, 0.717) is 13.0 Å². The molecular formula is C13H17N3O3. The Hall–Kier alpha value is -1.92. The summed E-state index contributed by atoms with van der Waals surface area (Å²) in [7, 11) is 0. The summed E-state index contributed by atoms with van der Waals surface area (Å²) < 4.78 is 0. The molecule has 0 saturated heterocycles. The molecule has 1 heterocycles. The molecule has 1 atom stereocenters. The van der Waals surface area contributed by atoms with Gasteiger partial charge in [-0.1, -0.05) is 12.1 Å². The van der Waals surface area contributed by atoms with Crippen LogP contribution in [0.3, 0.4) is 0 Å². The van der Waals surface area contributed by atoms with Crippen LogP contribution in [-0.2, 0) is 22.4 Å². The number of rotatable bonds is 5. The molecule has 2 rings (SSSR count). The van der Waals surface area contributed by atoms with E-state index in [1.54, 1.807) is 0 Å². The Bertz CT molecular complexity index is 516. The van der Waals surface area contributed by atoms with Crippen molar-refractivity contribution in [2.75, 3.05) is 18.0 Å². The molecular weight excluding hydrogens is 246 g/mol. The first-order chi connectivity index (χ1) is 9.02. The number of carbonyl (C=O) groups is 2. The summed E-state index contributed by atoms with van der Waals surface area (Å²) in [5, 5.41) is 8.81. The highest BCUT2D eigenvalue weighted by atomic mass is 16.4. The van der Waals surface area contributed by atoms with Crippen molar-refractivity contribution < 1.29 is 14.7 Å². The Balaban J connectivity index is 2.22. The fourth-order valence-corrected chi connectivity index (χ4v) is 2.23. The van der Waals surface area contributed by atoms with E-state index in [1.807, 2.05) is 18.2 Å². The molecule has 0 aromatic heterocycles. The van der Waals surface area contributed by atoms with E-state index in [9.17, 15) is 9.59 Å². The molecule has 1 aromatic rings. The van der Waals surface area contributed by atoms with Crippen molar-refractivity contribution in [3.63, 3.8) is 0 Å². The lowest BCUT2D eigenvalue weighted by Crippen LogP contribution is -2.44. The zero-order valence-electron chi connectivity index (χ0n) is 10.5. The number of nitrogens with two attached hydrogens (primary N) is 2. The van der Waals surface area contributed by atoms with Crippen LogP contribution < -0.4 is 16.4 Å². The molecule has 5 N–H and O–H groups in total. The zero-order chi connectivity index (χ0) is 14.0. The van der Waals surface area contributed by atoms with Crippen LogP contribution in [0.1, 0.15) is 11.1 Å². The SMILES string of the molecule is NCCc1ccc2c(c1)CC(=O)N2CC(N)C(=O)O. The van der Waals surface area contributed by atoms with Crippen molar-refractivity contribution >= 4 is 17.6 Å². The maximum Gasteiger partial charge on any atom is 0.322 e. The van der Waals surface area contributed by atoms with Gasteiger partial charge in [0.2, 0.25) is 5.91 Å². The van der Waals surface area contributed by atoms with Gasteiger partial charge in [-0.25, -0.2) is 0 Å². The van der Waals surface area contributed by atoms with Crippen molar-refractivity contribution in [2.24, 2.45) is 11.5 Å². The summed E-state index contributed by atoms with van der Waals surface area (Å²) in [5.41, 5.74) is 13.7. The minimum Gasteiger partial charge on any atom is -0.480 e. The normalized spacial score (nSPS) is 15.5. The van der Waals surface area contributed by atoms with Gasteiger partial charge in [0.15, 0.2) is 0 Å². The lowest BCUT2D eigenvalue weighted by atomic mass is 10.1. The quantitative estimate of drug-likeness (QED) is 0.662. The highest BCUT2D eigenvalue weighted by Gasteiger charge is 2.30. The topological polar surface area (TPSA) is 110 Å². The number of carbonyl (C=O) groups excluding carboxylic acids is 1. The second-order valence-electron chi connectivity index (χ2n) is 4.63. The molecule has 0 saturated carbocycles. The second kappa shape index (κ2) is 5.38. The first kappa shape index (κ1) is 13.5. The monoisotopic (exact) mass is 263 g/mol. The average molecular weight is 263 g/mol. The van der Waals surface area contributed by atoms with Crippen molar-refractivity contribution in [1.82, 2.24) is 0 Å². The number of anilines is 1. The summed E-state index contributed by atoms with van der Waals surface area (Å²) in [6.07, 6.45) is 1.05. The molecule has 0 bridgehead atoms. The highest BCUT2D eigenvalue weighted by molar-refractivity contribution is 6.02. The van der Waals surface area contributed by atoms with Gasteiger partial charge in [-0.3, -0.25) is 9.59 Å². The van der Waals surface area contributed by atoms with Gasteiger partial charge in [0, 0.05) is 5.69 Å². The van der Waals surface area contributed by atoms with Crippen LogP contribution in [0.5, 0.6) is 0 Å². The first-order valence-corrected chi connectivity index (χ1v) is 6.13. The van der Waals surface area contributed by atoms with Crippen LogP contribution in [0.4, 0.5) is 5.69 Å². The molecule has 6 heteroatoms. The maximum atomic E-state index is 11.9. The minimum atomic E-state index is -1.11. The third-order valence-electron chi connectivity index (χ3n) is 3.21. The van der Waals surface area contributed by atoms with Crippen LogP contribution in [0.15, 0.2) is 18.2 Å². The zero-order valence-corrected chi connectivity index (χ0v) is 10.5. The molecule has 0 aliphatic carbocycles. The Labute approximate surface area is 111 Å². The number of benzene rings is 1. The van der Waals surface area contributed by atoms with Gasteiger partial charge < -0.3 is 21.5 Å². The number of aliphatic carboxylic acids is 1. The predicted octanol–water partition coefficient (Wildman–Crippen LogP) is -0.511. The highest BCUT2D eigenvalue weighted by Crippen LogP contribution is 2.29. The molecule has 6 nitrogen and oxygen atoms in total. The van der Waals surface area contributed by atoms with Gasteiger partial charge in [-0.05, 0) is 30.2 Å². The number of fused-ring (bicyclic) bond motifs is 1. The smallest absolute Gasteiger partial charge is 0.322 e. The van der Waals surface area contributed by atoms with E-state index in [4.69, 9.17) is 16.6 Å². The Morgan fingerprint density at radius 1 is 1.47 bits per heavy atom. The van der Waals surface area contributed by atoms with Gasteiger partial charge in [-0.15, -0.1) is 0 Å². The van der Waals surface area contributed by atoms with Gasteiger partial charge in [0.1, 0.15) is 6.04 Å². The second-order valence-corrected chi connectivity index (χ2v) is 4.63. The van der Waals surface area contributed by atoms with Crippen molar-refractivity contribution in [3.05, 3.63) is 29.3 Å². The van der Waals surface area contributed by atoms with E-state index >= 15 is 0 Å². The average Bonchev–Trinajstić information content (AvgIpc) is 2.65. The van der Waals surface area contributed by atoms with Crippen molar-refractivity contribution in [2.45, 2.75) is 18.9 Å². The molecule has 1 aliphatic heterocycles. The van der Waals surface area contributed by atoms with Crippen LogP contribution in [0.25, 0.3) is 0 Å². The number of nitrogens with zero attached hydrogens (tertiary/aromatic N) is 1. The van der Waals surface area contributed by atoms with Crippen molar-refractivity contribution in [1.29, 1.82) is 0 Å². The fourth-order valence-electron chi connectivity index (χ4n) is 2.23. The third kappa shape index (κ3) is 2.74. The summed E-state index contributed by atoms with van der Waals surface area (Å²) in [6.45, 7) is 0.553. The standard InChI is InChI=1S/C13H17N3O3/c14-4-3-8-1-2-11-9(5-8)6-12(17)16(11)7-10(15)13(18)19/h1-2,5,10H,3-4,6-7,14-15H2,(H,18,19). The number of hydrogen-bond acceptors (Lipinski definition) is 4. The molecule has 1 aromatic carbocycles. The first-order valence-electron chi connectivity index (χ1n) is 6.13. The van der Waals surface area contributed by atoms with Crippen molar-refractivity contribution in [3.8, 4) is 0 Å². The summed E-state index contributed by atoms with van der Waals surface area (Å²) in [5.74, 6) is -1.22. The van der Waals surface area contributed by atoms with Gasteiger partial charge >= 0.3 is 5.97 Å². The van der Waals surface area contributed by atoms with E-state index in [0.717, 1.165) is 23.2 Å². The van der Waals surface area contributed by atoms with Crippen LogP contribution >= 0.6 is 0 Å². The third-order valence-corrected chi connectivity index (χ3v) is 3.21. The summed E-state index contributed by atoms with van der Waals surface area (Å²) in [6, 6.07) is 4.62.